The number of rotatable bonds is 7. The zero-order valence-electron chi connectivity index (χ0n) is 9.87. The van der Waals surface area contributed by atoms with Gasteiger partial charge in [-0.2, -0.15) is 13.2 Å². The molecule has 5 nitrogen and oxygen atoms in total. The molecule has 0 aromatic carbocycles. The largest absolute Gasteiger partial charge is 0.480 e. The lowest BCUT2D eigenvalue weighted by Crippen LogP contribution is -2.47. The normalized spacial score (nSPS) is 10.6. The van der Waals surface area contributed by atoms with Gasteiger partial charge in [0.05, 0.1) is 5.75 Å². The van der Waals surface area contributed by atoms with Crippen molar-refractivity contribution in [1.29, 1.82) is 0 Å². The summed E-state index contributed by atoms with van der Waals surface area (Å²) in [5.74, 6) is 1.70. The number of halogens is 3. The molecule has 0 bridgehead atoms. The van der Waals surface area contributed by atoms with Crippen molar-refractivity contribution in [2.45, 2.75) is 6.18 Å². The minimum atomic E-state index is -4.65. The van der Waals surface area contributed by atoms with Crippen LogP contribution in [-0.2, 0) is 4.79 Å². The lowest BCUT2D eigenvalue weighted by Gasteiger charge is -2.22. The minimum Gasteiger partial charge on any atom is -0.480 e. The number of alkyl halides is 3. The molecule has 108 valence electrons. The van der Waals surface area contributed by atoms with Crippen molar-refractivity contribution < 1.29 is 27.9 Å². The summed E-state index contributed by atoms with van der Waals surface area (Å²) < 4.78 is 36.5. The first-order valence-corrected chi connectivity index (χ1v) is 6.24. The number of nitrogens with one attached hydrogen (secondary N) is 1. The van der Waals surface area contributed by atoms with Gasteiger partial charge in [-0.15, -0.1) is 18.2 Å². The maximum Gasteiger partial charge on any atom is 0.406 e. The van der Waals surface area contributed by atoms with Gasteiger partial charge in [-0.25, -0.2) is 4.79 Å². The number of amides is 2. The Balaban J connectivity index is 4.23. The average Bonchev–Trinajstić information content (AvgIpc) is 2.25. The second-order valence-electron chi connectivity index (χ2n) is 3.35. The van der Waals surface area contributed by atoms with Crippen LogP contribution in [-0.4, -0.2) is 59.3 Å². The van der Waals surface area contributed by atoms with Crippen LogP contribution in [0.25, 0.3) is 0 Å². The number of terminal acetylenes is 1. The molecule has 0 saturated carbocycles. The Bertz CT molecular complexity index is 355. The molecule has 0 unspecified atom stereocenters. The van der Waals surface area contributed by atoms with Crippen LogP contribution in [0.5, 0.6) is 0 Å². The highest BCUT2D eigenvalue weighted by molar-refractivity contribution is 7.99. The molecule has 0 aliphatic carbocycles. The van der Waals surface area contributed by atoms with E-state index in [4.69, 9.17) is 11.5 Å². The summed E-state index contributed by atoms with van der Waals surface area (Å²) in [4.78, 5) is 22.0. The van der Waals surface area contributed by atoms with Gasteiger partial charge in [-0.1, -0.05) is 5.92 Å². The van der Waals surface area contributed by atoms with E-state index in [0.29, 0.717) is 11.5 Å². The van der Waals surface area contributed by atoms with Gasteiger partial charge in [0.25, 0.3) is 0 Å². The third kappa shape index (κ3) is 10.1. The van der Waals surface area contributed by atoms with E-state index in [1.54, 1.807) is 0 Å². The highest BCUT2D eigenvalue weighted by atomic mass is 32.2. The SMILES string of the molecule is C#CCSCCNC(=O)N(CC(=O)O)CC(F)(F)F. The van der Waals surface area contributed by atoms with Crippen molar-refractivity contribution in [3.63, 3.8) is 0 Å². The van der Waals surface area contributed by atoms with Gasteiger partial charge in [0, 0.05) is 12.3 Å². The lowest BCUT2D eigenvalue weighted by atomic mass is 10.4. The first-order valence-electron chi connectivity index (χ1n) is 5.09. The average molecular weight is 298 g/mol. The van der Waals surface area contributed by atoms with Crippen molar-refractivity contribution in [3.8, 4) is 12.3 Å². The van der Waals surface area contributed by atoms with Gasteiger partial charge in [-0.05, 0) is 0 Å². The number of hydrogen-bond donors (Lipinski definition) is 2. The van der Waals surface area contributed by atoms with Crippen LogP contribution < -0.4 is 5.32 Å². The number of hydrogen-bond acceptors (Lipinski definition) is 3. The Morgan fingerprint density at radius 3 is 2.53 bits per heavy atom. The number of carboxylic acids is 1. The summed E-state index contributed by atoms with van der Waals surface area (Å²) in [6, 6.07) is -1.07. The molecule has 0 fully saturated rings. The Kier molecular flexibility index (Phi) is 7.83. The van der Waals surface area contributed by atoms with Crippen LogP contribution in [0.15, 0.2) is 0 Å². The van der Waals surface area contributed by atoms with Crippen LogP contribution in [0.1, 0.15) is 0 Å². The molecule has 0 aliphatic rings. The van der Waals surface area contributed by atoms with Crippen LogP contribution in [0.2, 0.25) is 0 Å². The molecular formula is C10H13F3N2O3S. The molecule has 0 radical (unpaired) electrons. The number of carbonyl (C=O) groups excluding carboxylic acids is 1. The molecule has 0 spiro atoms. The van der Waals surface area contributed by atoms with Crippen molar-refractivity contribution in [2.75, 3.05) is 31.1 Å². The maximum absolute atomic E-state index is 12.2. The van der Waals surface area contributed by atoms with Crippen LogP contribution in [0.3, 0.4) is 0 Å². The summed E-state index contributed by atoms with van der Waals surface area (Å²) in [7, 11) is 0. The van der Waals surface area contributed by atoms with E-state index in [0.717, 1.165) is 0 Å². The van der Waals surface area contributed by atoms with Crippen molar-refractivity contribution in [2.24, 2.45) is 0 Å². The quantitative estimate of drug-likeness (QED) is 0.544. The highest BCUT2D eigenvalue weighted by Gasteiger charge is 2.33. The van der Waals surface area contributed by atoms with Crippen LogP contribution >= 0.6 is 11.8 Å². The molecule has 0 aromatic heterocycles. The number of aliphatic carboxylic acids is 1. The topological polar surface area (TPSA) is 69.6 Å². The summed E-state index contributed by atoms with van der Waals surface area (Å²) in [6.45, 7) is -2.51. The second kappa shape index (κ2) is 8.53. The summed E-state index contributed by atoms with van der Waals surface area (Å²) >= 11 is 1.33. The maximum atomic E-state index is 12.2. The molecule has 2 amide bonds. The lowest BCUT2D eigenvalue weighted by molar-refractivity contribution is -0.148. The molecule has 0 saturated heterocycles. The van der Waals surface area contributed by atoms with Gasteiger partial charge < -0.3 is 15.3 Å². The monoisotopic (exact) mass is 298 g/mol. The third-order valence-electron chi connectivity index (χ3n) is 1.69. The third-order valence-corrected chi connectivity index (χ3v) is 2.56. The summed E-state index contributed by atoms with van der Waals surface area (Å²) in [6.07, 6.45) is 0.339. The summed E-state index contributed by atoms with van der Waals surface area (Å²) in [5.41, 5.74) is 0. The van der Waals surface area contributed by atoms with Gasteiger partial charge in [-0.3, -0.25) is 4.79 Å². The highest BCUT2D eigenvalue weighted by Crippen LogP contribution is 2.16. The molecule has 0 atom stereocenters. The van der Waals surface area contributed by atoms with E-state index in [9.17, 15) is 22.8 Å². The number of urea groups is 1. The summed E-state index contributed by atoms with van der Waals surface area (Å²) in [5, 5.41) is 10.7. The standard InChI is InChI=1S/C10H13F3N2O3S/c1-2-4-19-5-3-14-9(18)15(6-8(16)17)7-10(11,12)13/h1H,3-7H2,(H,14,18)(H,16,17). The second-order valence-corrected chi connectivity index (χ2v) is 4.46. The first kappa shape index (κ1) is 17.4. The predicted molar refractivity (Wildman–Crippen MR) is 64.8 cm³/mol. The van der Waals surface area contributed by atoms with E-state index < -0.39 is 31.3 Å². The van der Waals surface area contributed by atoms with E-state index in [2.05, 4.69) is 11.2 Å². The molecule has 2 N–H and O–H groups in total. The Labute approximate surface area is 112 Å². The van der Waals surface area contributed by atoms with Crippen molar-refractivity contribution in [3.05, 3.63) is 0 Å². The Morgan fingerprint density at radius 1 is 1.42 bits per heavy atom. The number of thioether (sulfide) groups is 1. The molecule has 0 aliphatic heterocycles. The van der Waals surface area contributed by atoms with Crippen LogP contribution in [0, 0.1) is 12.3 Å². The number of carbonyl (C=O) groups is 2. The minimum absolute atomic E-state index is 0.110. The zero-order chi connectivity index (χ0) is 14.9. The Hall–Kier alpha value is -1.56. The number of nitrogens with zero attached hydrogens (tertiary/aromatic N) is 1. The van der Waals surface area contributed by atoms with E-state index in [1.165, 1.54) is 11.8 Å². The fourth-order valence-corrected chi connectivity index (χ4v) is 1.56. The van der Waals surface area contributed by atoms with Gasteiger partial charge in [0.15, 0.2) is 0 Å². The molecule has 0 aromatic rings. The molecular weight excluding hydrogens is 285 g/mol. The molecule has 19 heavy (non-hydrogen) atoms. The predicted octanol–water partition coefficient (Wildman–Crippen LogP) is 1.01. The number of carboxylic acid groups (broad SMARTS) is 1. The van der Waals surface area contributed by atoms with E-state index in [-0.39, 0.29) is 11.4 Å². The van der Waals surface area contributed by atoms with Gasteiger partial charge >= 0.3 is 18.2 Å². The molecule has 0 rings (SSSR count). The first-order chi connectivity index (χ1) is 8.76. The van der Waals surface area contributed by atoms with Crippen molar-refractivity contribution >= 4 is 23.8 Å². The van der Waals surface area contributed by atoms with E-state index in [1.807, 2.05) is 0 Å². The van der Waals surface area contributed by atoms with Gasteiger partial charge in [0.1, 0.15) is 13.1 Å². The van der Waals surface area contributed by atoms with Gasteiger partial charge in [0.2, 0.25) is 0 Å². The fraction of sp³-hybridized carbons (Fsp3) is 0.600. The van der Waals surface area contributed by atoms with Crippen molar-refractivity contribution in [1.82, 2.24) is 10.2 Å². The van der Waals surface area contributed by atoms with E-state index >= 15 is 0 Å². The molecule has 9 heteroatoms. The van der Waals surface area contributed by atoms with Crippen LogP contribution in [0.4, 0.5) is 18.0 Å². The smallest absolute Gasteiger partial charge is 0.406 e. The molecule has 0 heterocycles. The fourth-order valence-electron chi connectivity index (χ4n) is 1.05. The zero-order valence-corrected chi connectivity index (χ0v) is 10.7. The Morgan fingerprint density at radius 2 is 2.05 bits per heavy atom.